The summed E-state index contributed by atoms with van der Waals surface area (Å²) in [5, 5.41) is 3.95. The maximum atomic E-state index is 12.5. The number of hydrogen-bond acceptors (Lipinski definition) is 6. The highest BCUT2D eigenvalue weighted by Crippen LogP contribution is 2.30. The van der Waals surface area contributed by atoms with Crippen molar-refractivity contribution < 1.29 is 19.0 Å². The van der Waals surface area contributed by atoms with Crippen molar-refractivity contribution >= 4 is 29.5 Å². The Morgan fingerprint density at radius 3 is 2.69 bits per heavy atom. The van der Waals surface area contributed by atoms with Gasteiger partial charge in [-0.05, 0) is 55.0 Å². The molecule has 0 bridgehead atoms. The molecule has 0 atom stereocenters. The summed E-state index contributed by atoms with van der Waals surface area (Å²) >= 11 is 4.67. The van der Waals surface area contributed by atoms with Gasteiger partial charge in [0.1, 0.15) is 11.3 Å². The van der Waals surface area contributed by atoms with E-state index in [4.69, 9.17) is 19.9 Å². The van der Waals surface area contributed by atoms with Crippen LogP contribution in [0.1, 0.15) is 22.8 Å². The van der Waals surface area contributed by atoms with Crippen molar-refractivity contribution in [3.63, 3.8) is 0 Å². The third kappa shape index (κ3) is 5.18. The van der Waals surface area contributed by atoms with Crippen LogP contribution in [0.3, 0.4) is 0 Å². The Labute approximate surface area is 156 Å². The van der Waals surface area contributed by atoms with Crippen molar-refractivity contribution in [2.24, 2.45) is 10.8 Å². The van der Waals surface area contributed by atoms with Crippen molar-refractivity contribution in [3.8, 4) is 17.2 Å². The molecule has 2 aromatic carbocycles. The summed E-state index contributed by atoms with van der Waals surface area (Å²) in [6, 6.07) is 11.9. The van der Waals surface area contributed by atoms with Gasteiger partial charge in [-0.15, -0.1) is 0 Å². The summed E-state index contributed by atoms with van der Waals surface area (Å²) < 4.78 is 16.2. The van der Waals surface area contributed by atoms with Gasteiger partial charge in [0.05, 0.1) is 19.9 Å². The molecule has 0 spiro atoms. The lowest BCUT2D eigenvalue weighted by molar-refractivity contribution is 0.0725. The molecule has 136 valence electrons. The molecule has 2 rings (SSSR count). The van der Waals surface area contributed by atoms with E-state index in [1.54, 1.807) is 42.5 Å². The van der Waals surface area contributed by atoms with Crippen LogP contribution < -0.4 is 25.4 Å². The number of methoxy groups -OCH3 is 1. The van der Waals surface area contributed by atoms with E-state index in [1.807, 2.05) is 6.92 Å². The Hall–Kier alpha value is -3.13. The topological polar surface area (TPSA) is 95.2 Å². The average molecular weight is 373 g/mol. The van der Waals surface area contributed by atoms with Crippen molar-refractivity contribution in [2.45, 2.75) is 6.92 Å². The minimum atomic E-state index is -0.542. The first kappa shape index (κ1) is 19.2. The fourth-order valence-corrected chi connectivity index (χ4v) is 2.15. The number of nitrogens with one attached hydrogen (secondary N) is 1. The number of esters is 1. The molecule has 0 aliphatic carbocycles. The molecular formula is C18H19N3O4S. The van der Waals surface area contributed by atoms with Crippen molar-refractivity contribution in [3.05, 3.63) is 53.6 Å². The molecule has 0 radical (unpaired) electrons. The van der Waals surface area contributed by atoms with E-state index in [2.05, 4.69) is 22.7 Å². The van der Waals surface area contributed by atoms with E-state index < -0.39 is 5.97 Å². The van der Waals surface area contributed by atoms with Gasteiger partial charge in [-0.3, -0.25) is 5.43 Å². The molecule has 0 aromatic heterocycles. The van der Waals surface area contributed by atoms with Crippen LogP contribution in [-0.4, -0.2) is 31.0 Å². The third-order valence-corrected chi connectivity index (χ3v) is 3.28. The Bertz CT molecular complexity index is 824. The fraction of sp³-hybridized carbons (Fsp3) is 0.167. The van der Waals surface area contributed by atoms with Gasteiger partial charge in [0.2, 0.25) is 0 Å². The quantitative estimate of drug-likeness (QED) is 0.253. The van der Waals surface area contributed by atoms with Crippen LogP contribution in [0, 0.1) is 0 Å². The van der Waals surface area contributed by atoms with E-state index in [-0.39, 0.29) is 5.11 Å². The van der Waals surface area contributed by atoms with E-state index in [9.17, 15) is 4.79 Å². The van der Waals surface area contributed by atoms with Crippen LogP contribution in [0.5, 0.6) is 17.2 Å². The molecule has 2 aromatic rings. The molecule has 0 heterocycles. The monoisotopic (exact) mass is 373 g/mol. The highest BCUT2D eigenvalue weighted by Gasteiger charge is 2.16. The van der Waals surface area contributed by atoms with Crippen molar-refractivity contribution in [2.75, 3.05) is 13.7 Å². The van der Waals surface area contributed by atoms with E-state index in [0.29, 0.717) is 35.0 Å². The number of carbonyl (C=O) groups is 1. The highest BCUT2D eigenvalue weighted by molar-refractivity contribution is 7.80. The summed E-state index contributed by atoms with van der Waals surface area (Å²) in [6.07, 6.45) is 1.52. The molecular weight excluding hydrogens is 354 g/mol. The number of carbonyl (C=O) groups excluding carboxylic acids is 1. The lowest BCUT2D eigenvalue weighted by atomic mass is 10.2. The van der Waals surface area contributed by atoms with Gasteiger partial charge in [0.15, 0.2) is 16.6 Å². The molecule has 0 saturated heterocycles. The Morgan fingerprint density at radius 1 is 1.23 bits per heavy atom. The number of ether oxygens (including phenoxy) is 3. The lowest BCUT2D eigenvalue weighted by Crippen LogP contribution is -2.23. The predicted octanol–water partition coefficient (Wildman–Crippen LogP) is 2.48. The summed E-state index contributed by atoms with van der Waals surface area (Å²) in [7, 11) is 1.49. The molecule has 0 aliphatic rings. The Morgan fingerprint density at radius 2 is 2.00 bits per heavy atom. The second kappa shape index (κ2) is 9.38. The Balaban J connectivity index is 2.23. The molecule has 7 nitrogen and oxygen atoms in total. The van der Waals surface area contributed by atoms with Crippen LogP contribution in [0.25, 0.3) is 0 Å². The first-order valence-electron chi connectivity index (χ1n) is 7.75. The molecule has 26 heavy (non-hydrogen) atoms. The maximum absolute atomic E-state index is 12.5. The number of thiocarbonyl (C=S) groups is 1. The lowest BCUT2D eigenvalue weighted by Gasteiger charge is -2.12. The zero-order valence-electron chi connectivity index (χ0n) is 14.4. The SMILES string of the molecule is CCOc1cc(/C=N\NC(N)=S)ccc1OC(=O)c1ccccc1OC. The molecule has 0 fully saturated rings. The molecule has 0 amide bonds. The van der Waals surface area contributed by atoms with Crippen LogP contribution in [0.4, 0.5) is 0 Å². The molecule has 0 unspecified atom stereocenters. The number of nitrogens with two attached hydrogens (primary N) is 1. The van der Waals surface area contributed by atoms with Gasteiger partial charge in [-0.2, -0.15) is 5.10 Å². The number of hydrogen-bond donors (Lipinski definition) is 2. The Kier molecular flexibility index (Phi) is 6.92. The van der Waals surface area contributed by atoms with Gasteiger partial charge in [-0.25, -0.2) is 4.79 Å². The van der Waals surface area contributed by atoms with Gasteiger partial charge >= 0.3 is 5.97 Å². The second-order valence-electron chi connectivity index (χ2n) is 4.96. The van der Waals surface area contributed by atoms with Gasteiger partial charge in [-0.1, -0.05) is 12.1 Å². The van der Waals surface area contributed by atoms with Crippen LogP contribution in [0.15, 0.2) is 47.6 Å². The number of rotatable bonds is 7. The first-order valence-corrected chi connectivity index (χ1v) is 8.16. The zero-order chi connectivity index (χ0) is 18.9. The van der Waals surface area contributed by atoms with Crippen LogP contribution >= 0.6 is 12.2 Å². The van der Waals surface area contributed by atoms with Crippen LogP contribution in [-0.2, 0) is 0 Å². The smallest absolute Gasteiger partial charge is 0.347 e. The summed E-state index contributed by atoms with van der Waals surface area (Å²) in [6.45, 7) is 2.24. The van der Waals surface area contributed by atoms with Crippen molar-refractivity contribution in [1.82, 2.24) is 5.43 Å². The van der Waals surface area contributed by atoms with E-state index >= 15 is 0 Å². The molecule has 8 heteroatoms. The predicted molar refractivity (Wildman–Crippen MR) is 103 cm³/mol. The minimum Gasteiger partial charge on any atom is -0.496 e. The van der Waals surface area contributed by atoms with E-state index in [0.717, 1.165) is 0 Å². The van der Waals surface area contributed by atoms with Gasteiger partial charge in [0.25, 0.3) is 0 Å². The molecule has 0 aliphatic heterocycles. The number of nitrogens with zero attached hydrogens (tertiary/aromatic N) is 1. The fourth-order valence-electron chi connectivity index (χ4n) is 2.10. The van der Waals surface area contributed by atoms with Gasteiger partial charge < -0.3 is 19.9 Å². The average Bonchev–Trinajstić information content (AvgIpc) is 2.63. The summed E-state index contributed by atoms with van der Waals surface area (Å²) in [4.78, 5) is 12.5. The highest BCUT2D eigenvalue weighted by atomic mass is 32.1. The maximum Gasteiger partial charge on any atom is 0.347 e. The van der Waals surface area contributed by atoms with Crippen LogP contribution in [0.2, 0.25) is 0 Å². The largest absolute Gasteiger partial charge is 0.496 e. The van der Waals surface area contributed by atoms with Crippen molar-refractivity contribution in [1.29, 1.82) is 0 Å². The molecule has 3 N–H and O–H groups in total. The number of para-hydroxylation sites is 1. The minimum absolute atomic E-state index is 0.0636. The second-order valence-corrected chi connectivity index (χ2v) is 5.40. The standard InChI is InChI=1S/C18H19N3O4S/c1-3-24-16-10-12(11-20-21-18(19)26)8-9-15(16)25-17(22)13-6-4-5-7-14(13)23-2/h4-11H,3H2,1-2H3,(H3,19,21,26)/b20-11-. The number of benzene rings is 2. The summed E-state index contributed by atoms with van der Waals surface area (Å²) in [5.74, 6) is 0.597. The van der Waals surface area contributed by atoms with Gasteiger partial charge in [0, 0.05) is 0 Å². The zero-order valence-corrected chi connectivity index (χ0v) is 15.2. The number of hydrazone groups is 1. The molecule has 0 saturated carbocycles. The normalized spacial score (nSPS) is 10.4. The third-order valence-electron chi connectivity index (χ3n) is 3.19. The summed E-state index contributed by atoms with van der Waals surface area (Å²) in [5.41, 5.74) is 8.81. The van der Waals surface area contributed by atoms with E-state index in [1.165, 1.54) is 13.3 Å². The first-order chi connectivity index (χ1) is 12.5.